The third kappa shape index (κ3) is 2.71. The molecule has 0 radical (unpaired) electrons. The van der Waals surface area contributed by atoms with Gasteiger partial charge in [-0.3, -0.25) is 4.68 Å². The number of nitrogens with zero attached hydrogens (tertiary/aromatic N) is 2. The van der Waals surface area contributed by atoms with E-state index in [1.54, 1.807) is 7.11 Å². The van der Waals surface area contributed by atoms with E-state index in [2.05, 4.69) is 29.5 Å². The second kappa shape index (κ2) is 5.69. The molecule has 1 aromatic heterocycles. The molecule has 0 spiro atoms. The smallest absolute Gasteiger partial charge is 0.123 e. The number of aryl methyl sites for hydroxylation is 1. The monoisotopic (exact) mass is 245 g/mol. The number of methoxy groups -OCH3 is 1. The Morgan fingerprint density at radius 2 is 2.17 bits per heavy atom. The lowest BCUT2D eigenvalue weighted by atomic mass is 10.1. The van der Waals surface area contributed by atoms with Gasteiger partial charge in [-0.05, 0) is 24.2 Å². The van der Waals surface area contributed by atoms with Crippen LogP contribution in [0.3, 0.4) is 0 Å². The largest absolute Gasteiger partial charge is 0.496 e. The minimum absolute atomic E-state index is 0.813. The Balaban J connectivity index is 2.32. The Morgan fingerprint density at radius 1 is 1.33 bits per heavy atom. The summed E-state index contributed by atoms with van der Waals surface area (Å²) in [4.78, 5) is 0. The first-order chi connectivity index (χ1) is 8.74. The molecule has 2 rings (SSSR count). The molecule has 2 aromatic rings. The van der Waals surface area contributed by atoms with E-state index in [4.69, 9.17) is 4.74 Å². The molecule has 4 nitrogen and oxygen atoms in total. The molecular weight excluding hydrogens is 226 g/mol. The van der Waals surface area contributed by atoms with E-state index in [1.807, 2.05) is 30.2 Å². The van der Waals surface area contributed by atoms with Crippen LogP contribution in [0.5, 0.6) is 5.75 Å². The van der Waals surface area contributed by atoms with Gasteiger partial charge in [0.05, 0.1) is 13.3 Å². The molecule has 0 bridgehead atoms. The molecule has 0 aliphatic heterocycles. The highest BCUT2D eigenvalue weighted by Crippen LogP contribution is 2.26. The van der Waals surface area contributed by atoms with E-state index in [-0.39, 0.29) is 0 Å². The van der Waals surface area contributed by atoms with Crippen LogP contribution in [0.1, 0.15) is 12.5 Å². The van der Waals surface area contributed by atoms with Gasteiger partial charge in [-0.15, -0.1) is 0 Å². The van der Waals surface area contributed by atoms with Crippen molar-refractivity contribution in [2.45, 2.75) is 13.5 Å². The highest BCUT2D eigenvalue weighted by atomic mass is 16.5. The van der Waals surface area contributed by atoms with Gasteiger partial charge in [0, 0.05) is 30.9 Å². The van der Waals surface area contributed by atoms with Crippen LogP contribution in [-0.2, 0) is 13.6 Å². The Kier molecular flexibility index (Phi) is 3.99. The molecule has 96 valence electrons. The molecule has 18 heavy (non-hydrogen) atoms. The van der Waals surface area contributed by atoms with Crippen molar-refractivity contribution in [2.24, 2.45) is 7.05 Å². The Hall–Kier alpha value is -1.81. The SMILES string of the molecule is CCNCc1cc(-c2cnn(C)c2)ccc1OC. The highest BCUT2D eigenvalue weighted by Gasteiger charge is 2.06. The fourth-order valence-corrected chi connectivity index (χ4v) is 1.93. The van der Waals surface area contributed by atoms with Gasteiger partial charge in [-0.25, -0.2) is 0 Å². The van der Waals surface area contributed by atoms with Gasteiger partial charge >= 0.3 is 0 Å². The maximum Gasteiger partial charge on any atom is 0.123 e. The number of aromatic nitrogens is 2. The van der Waals surface area contributed by atoms with Crippen LogP contribution >= 0.6 is 0 Å². The molecule has 0 fully saturated rings. The van der Waals surface area contributed by atoms with Crippen LogP contribution in [0.15, 0.2) is 30.6 Å². The normalized spacial score (nSPS) is 10.6. The summed E-state index contributed by atoms with van der Waals surface area (Å²) in [6.45, 7) is 3.85. The van der Waals surface area contributed by atoms with Crippen molar-refractivity contribution in [3.8, 4) is 16.9 Å². The van der Waals surface area contributed by atoms with E-state index in [9.17, 15) is 0 Å². The second-order valence-electron chi connectivity index (χ2n) is 4.21. The van der Waals surface area contributed by atoms with Gasteiger partial charge < -0.3 is 10.1 Å². The summed E-state index contributed by atoms with van der Waals surface area (Å²) in [5.41, 5.74) is 3.45. The standard InChI is InChI=1S/C14H19N3O/c1-4-15-8-12-7-11(5-6-14(12)18-3)13-9-16-17(2)10-13/h5-7,9-10,15H,4,8H2,1-3H3. The van der Waals surface area contributed by atoms with Gasteiger partial charge in [-0.2, -0.15) is 5.10 Å². The third-order valence-electron chi connectivity index (χ3n) is 2.88. The number of hydrogen-bond acceptors (Lipinski definition) is 3. The molecule has 1 N–H and O–H groups in total. The zero-order valence-electron chi connectivity index (χ0n) is 11.1. The fourth-order valence-electron chi connectivity index (χ4n) is 1.93. The lowest BCUT2D eigenvalue weighted by Gasteiger charge is -2.10. The zero-order valence-corrected chi connectivity index (χ0v) is 11.1. The van der Waals surface area contributed by atoms with Crippen molar-refractivity contribution in [1.82, 2.24) is 15.1 Å². The molecule has 0 unspecified atom stereocenters. The summed E-state index contributed by atoms with van der Waals surface area (Å²) in [6, 6.07) is 6.22. The Bertz CT molecular complexity index is 520. The average molecular weight is 245 g/mol. The second-order valence-corrected chi connectivity index (χ2v) is 4.21. The molecule has 0 atom stereocenters. The van der Waals surface area contributed by atoms with E-state index >= 15 is 0 Å². The van der Waals surface area contributed by atoms with Crippen LogP contribution in [0, 0.1) is 0 Å². The molecule has 1 heterocycles. The molecular formula is C14H19N3O. The first-order valence-corrected chi connectivity index (χ1v) is 6.11. The van der Waals surface area contributed by atoms with E-state index < -0.39 is 0 Å². The Labute approximate surface area is 108 Å². The minimum atomic E-state index is 0.813. The summed E-state index contributed by atoms with van der Waals surface area (Å²) in [5.74, 6) is 0.920. The van der Waals surface area contributed by atoms with Crippen LogP contribution in [0.2, 0.25) is 0 Å². The van der Waals surface area contributed by atoms with Crippen molar-refractivity contribution in [1.29, 1.82) is 0 Å². The van der Waals surface area contributed by atoms with Crippen LogP contribution < -0.4 is 10.1 Å². The quantitative estimate of drug-likeness (QED) is 0.877. The van der Waals surface area contributed by atoms with Crippen molar-refractivity contribution in [2.75, 3.05) is 13.7 Å². The summed E-state index contributed by atoms with van der Waals surface area (Å²) >= 11 is 0. The first kappa shape index (κ1) is 12.6. The minimum Gasteiger partial charge on any atom is -0.496 e. The van der Waals surface area contributed by atoms with Gasteiger partial charge in [-0.1, -0.05) is 13.0 Å². The molecule has 0 saturated heterocycles. The van der Waals surface area contributed by atoms with Crippen LogP contribution in [-0.4, -0.2) is 23.4 Å². The predicted octanol–water partition coefficient (Wildman–Crippen LogP) is 2.21. The lowest BCUT2D eigenvalue weighted by molar-refractivity contribution is 0.408. The lowest BCUT2D eigenvalue weighted by Crippen LogP contribution is -2.12. The van der Waals surface area contributed by atoms with Crippen molar-refractivity contribution in [3.05, 3.63) is 36.2 Å². The number of rotatable bonds is 5. The first-order valence-electron chi connectivity index (χ1n) is 6.11. The van der Waals surface area contributed by atoms with Crippen LogP contribution in [0.4, 0.5) is 0 Å². The van der Waals surface area contributed by atoms with Gasteiger partial charge in [0.1, 0.15) is 5.75 Å². The molecule has 0 saturated carbocycles. The average Bonchev–Trinajstić information content (AvgIpc) is 2.82. The molecule has 4 heteroatoms. The van der Waals surface area contributed by atoms with Crippen molar-refractivity contribution in [3.63, 3.8) is 0 Å². The van der Waals surface area contributed by atoms with Gasteiger partial charge in [0.25, 0.3) is 0 Å². The van der Waals surface area contributed by atoms with Gasteiger partial charge in [0.15, 0.2) is 0 Å². The topological polar surface area (TPSA) is 39.1 Å². The summed E-state index contributed by atoms with van der Waals surface area (Å²) in [6.07, 6.45) is 3.89. The van der Waals surface area contributed by atoms with E-state index in [0.717, 1.165) is 30.0 Å². The van der Waals surface area contributed by atoms with Crippen molar-refractivity contribution >= 4 is 0 Å². The van der Waals surface area contributed by atoms with E-state index in [1.165, 1.54) is 5.56 Å². The van der Waals surface area contributed by atoms with E-state index in [0.29, 0.717) is 0 Å². The van der Waals surface area contributed by atoms with Crippen LogP contribution in [0.25, 0.3) is 11.1 Å². The molecule has 0 aliphatic rings. The maximum atomic E-state index is 5.38. The number of benzene rings is 1. The van der Waals surface area contributed by atoms with Gasteiger partial charge in [0.2, 0.25) is 0 Å². The summed E-state index contributed by atoms with van der Waals surface area (Å²) in [7, 11) is 3.63. The maximum absolute atomic E-state index is 5.38. The number of nitrogens with one attached hydrogen (secondary N) is 1. The predicted molar refractivity (Wildman–Crippen MR) is 72.6 cm³/mol. The van der Waals surface area contributed by atoms with Crippen molar-refractivity contribution < 1.29 is 4.74 Å². The molecule has 0 amide bonds. The highest BCUT2D eigenvalue weighted by molar-refractivity contribution is 5.64. The summed E-state index contributed by atoms with van der Waals surface area (Å²) < 4.78 is 7.19. The zero-order chi connectivity index (χ0) is 13.0. The third-order valence-corrected chi connectivity index (χ3v) is 2.88. The molecule has 0 aliphatic carbocycles. The fraction of sp³-hybridized carbons (Fsp3) is 0.357. The number of ether oxygens (including phenoxy) is 1. The molecule has 1 aromatic carbocycles. The summed E-state index contributed by atoms with van der Waals surface area (Å²) in [5, 5.41) is 7.52. The Morgan fingerprint density at radius 3 is 2.78 bits per heavy atom. The number of hydrogen-bond donors (Lipinski definition) is 1.